The van der Waals surface area contributed by atoms with Gasteiger partial charge in [-0.15, -0.1) is 0 Å². The fourth-order valence-corrected chi connectivity index (χ4v) is 3.12. The van der Waals surface area contributed by atoms with Crippen LogP contribution in [0.3, 0.4) is 0 Å². The van der Waals surface area contributed by atoms with E-state index in [0.717, 1.165) is 14.1 Å². The minimum absolute atomic E-state index is 0.0955. The first-order valence-electron chi connectivity index (χ1n) is 8.24. The number of nitrogens with zero attached hydrogens (tertiary/aromatic N) is 5. The Balaban J connectivity index is 2.08. The second-order valence-corrected chi connectivity index (χ2v) is 6.38. The zero-order chi connectivity index (χ0) is 20.7. The van der Waals surface area contributed by atoms with E-state index in [4.69, 9.17) is 0 Å². The predicted octanol–water partition coefficient (Wildman–Crippen LogP) is 0.395. The third kappa shape index (κ3) is 2.96. The molecular formula is C17H17N5O6. The molecule has 0 spiro atoms. The van der Waals surface area contributed by atoms with E-state index >= 15 is 0 Å². The maximum Gasteiger partial charge on any atom is 0.333 e. The zero-order valence-electron chi connectivity index (χ0n) is 15.3. The number of aromatic hydroxyl groups is 1. The van der Waals surface area contributed by atoms with E-state index in [1.54, 1.807) is 0 Å². The molecule has 0 unspecified atom stereocenters. The Bertz CT molecular complexity index is 1130. The van der Waals surface area contributed by atoms with E-state index in [2.05, 4.69) is 5.10 Å². The second-order valence-electron chi connectivity index (χ2n) is 6.38. The molecule has 0 fully saturated rings. The third-order valence-electron chi connectivity index (χ3n) is 4.64. The van der Waals surface area contributed by atoms with Gasteiger partial charge in [-0.25, -0.2) is 9.80 Å². The molecule has 1 N–H and O–H groups in total. The molecule has 3 rings (SSSR count). The molecule has 2 aromatic rings. The number of hydrazone groups is 1. The van der Waals surface area contributed by atoms with Crippen molar-refractivity contribution < 1.29 is 14.8 Å². The number of carbonyl (C=O) groups is 1. The predicted molar refractivity (Wildman–Crippen MR) is 98.1 cm³/mol. The van der Waals surface area contributed by atoms with Crippen molar-refractivity contribution in [1.82, 2.24) is 14.1 Å². The number of amides is 1. The largest absolute Gasteiger partial charge is 0.494 e. The number of non-ortho nitro benzene ring substituents is 1. The average molecular weight is 387 g/mol. The number of hydrogen-bond donors (Lipinski definition) is 1. The lowest BCUT2D eigenvalue weighted by Crippen LogP contribution is -2.39. The Morgan fingerprint density at radius 1 is 1.21 bits per heavy atom. The summed E-state index contributed by atoms with van der Waals surface area (Å²) in [6, 6.07) is 5.05. The first-order valence-corrected chi connectivity index (χ1v) is 8.24. The molecule has 0 bridgehead atoms. The third-order valence-corrected chi connectivity index (χ3v) is 4.64. The second kappa shape index (κ2) is 6.76. The summed E-state index contributed by atoms with van der Waals surface area (Å²) in [4.78, 5) is 46.8. The van der Waals surface area contributed by atoms with Crippen LogP contribution >= 0.6 is 0 Å². The van der Waals surface area contributed by atoms with Gasteiger partial charge >= 0.3 is 5.69 Å². The van der Waals surface area contributed by atoms with Gasteiger partial charge in [-0.2, -0.15) is 5.10 Å². The molecule has 2 heterocycles. The highest BCUT2D eigenvalue weighted by atomic mass is 16.6. The smallest absolute Gasteiger partial charge is 0.333 e. The summed E-state index contributed by atoms with van der Waals surface area (Å²) in [6.07, 6.45) is 0.0956. The van der Waals surface area contributed by atoms with Crippen LogP contribution in [-0.4, -0.2) is 35.8 Å². The summed E-state index contributed by atoms with van der Waals surface area (Å²) in [7, 11) is 2.59. The highest BCUT2D eigenvalue weighted by molar-refractivity contribution is 6.04. The number of hydrogen-bond acceptors (Lipinski definition) is 7. The molecule has 1 aliphatic heterocycles. The minimum Gasteiger partial charge on any atom is -0.494 e. The van der Waals surface area contributed by atoms with Gasteiger partial charge in [0.05, 0.1) is 16.7 Å². The van der Waals surface area contributed by atoms with Crippen LogP contribution in [0.5, 0.6) is 5.88 Å². The number of rotatable bonds is 3. The molecule has 1 atom stereocenters. The topological polar surface area (TPSA) is 140 Å². The van der Waals surface area contributed by atoms with Gasteiger partial charge < -0.3 is 5.11 Å². The lowest BCUT2D eigenvalue weighted by molar-refractivity contribution is -0.384. The van der Waals surface area contributed by atoms with Gasteiger partial charge in [-0.1, -0.05) is 12.1 Å². The Kier molecular flexibility index (Phi) is 4.59. The maximum absolute atomic E-state index is 12.5. The number of carbonyl (C=O) groups excluding carboxylic acids is 1. The Morgan fingerprint density at radius 2 is 1.82 bits per heavy atom. The van der Waals surface area contributed by atoms with E-state index in [9.17, 15) is 29.6 Å². The van der Waals surface area contributed by atoms with Crippen molar-refractivity contribution in [3.63, 3.8) is 0 Å². The summed E-state index contributed by atoms with van der Waals surface area (Å²) in [6.45, 7) is 1.30. The molecule has 28 heavy (non-hydrogen) atoms. The van der Waals surface area contributed by atoms with E-state index in [0.29, 0.717) is 5.56 Å². The zero-order valence-corrected chi connectivity index (χ0v) is 15.3. The van der Waals surface area contributed by atoms with Crippen LogP contribution in [0.2, 0.25) is 0 Å². The molecular weight excluding hydrogens is 370 g/mol. The fourth-order valence-electron chi connectivity index (χ4n) is 3.12. The van der Waals surface area contributed by atoms with Gasteiger partial charge in [0, 0.05) is 39.6 Å². The maximum atomic E-state index is 12.5. The molecule has 1 aromatic heterocycles. The molecule has 11 nitrogen and oxygen atoms in total. The van der Waals surface area contributed by atoms with E-state index in [1.807, 2.05) is 0 Å². The minimum atomic E-state index is -0.729. The Morgan fingerprint density at radius 3 is 2.36 bits per heavy atom. The summed E-state index contributed by atoms with van der Waals surface area (Å²) in [5.41, 5.74) is -0.956. The van der Waals surface area contributed by atoms with Crippen molar-refractivity contribution >= 4 is 17.3 Å². The van der Waals surface area contributed by atoms with Crippen LogP contribution in [0.15, 0.2) is 39.0 Å². The first-order chi connectivity index (χ1) is 13.1. The number of nitro benzene ring substituents is 1. The molecule has 1 aromatic carbocycles. The van der Waals surface area contributed by atoms with Crippen molar-refractivity contribution in [2.24, 2.45) is 19.2 Å². The summed E-state index contributed by atoms with van der Waals surface area (Å²) >= 11 is 0. The Labute approximate surface area is 157 Å². The molecule has 1 amide bonds. The highest BCUT2D eigenvalue weighted by Crippen LogP contribution is 2.34. The number of benzene rings is 1. The van der Waals surface area contributed by atoms with Crippen LogP contribution < -0.4 is 11.2 Å². The van der Waals surface area contributed by atoms with Crippen molar-refractivity contribution in [2.45, 2.75) is 19.4 Å². The van der Waals surface area contributed by atoms with Crippen LogP contribution in [0, 0.1) is 10.1 Å². The Hall–Kier alpha value is -3.76. The van der Waals surface area contributed by atoms with Crippen LogP contribution in [0.1, 0.15) is 30.5 Å². The van der Waals surface area contributed by atoms with Crippen molar-refractivity contribution in [3.05, 3.63) is 66.3 Å². The molecule has 1 aliphatic rings. The SMILES string of the molecule is CC(=O)N1N=C(c2c(O)n(C)c(=O)n(C)c2=O)C[C@H]1c1ccc([N+](=O)[O-])cc1. The summed E-state index contributed by atoms with van der Waals surface area (Å²) < 4.78 is 1.76. The van der Waals surface area contributed by atoms with E-state index in [1.165, 1.54) is 45.3 Å². The van der Waals surface area contributed by atoms with Gasteiger partial charge in [0.2, 0.25) is 11.8 Å². The summed E-state index contributed by atoms with van der Waals surface area (Å²) in [5.74, 6) is -0.945. The highest BCUT2D eigenvalue weighted by Gasteiger charge is 2.34. The van der Waals surface area contributed by atoms with Gasteiger partial charge in [0.1, 0.15) is 5.56 Å². The monoisotopic (exact) mass is 387 g/mol. The quantitative estimate of drug-likeness (QED) is 0.597. The molecule has 0 saturated heterocycles. The molecule has 0 saturated carbocycles. The lowest BCUT2D eigenvalue weighted by atomic mass is 9.99. The van der Waals surface area contributed by atoms with Gasteiger partial charge in [0.15, 0.2) is 0 Å². The number of nitro groups is 1. The standard InChI is InChI=1S/C17H17N5O6/c1-9(23)21-13(10-4-6-11(7-5-10)22(27)28)8-12(18-21)14-15(24)19(2)17(26)20(3)16(14)25/h4-7,13,24H,8H2,1-3H3/t13-/m0/s1. The van der Waals surface area contributed by atoms with Crippen molar-refractivity contribution in [3.8, 4) is 5.88 Å². The molecule has 0 aliphatic carbocycles. The van der Waals surface area contributed by atoms with Crippen LogP contribution in [0.25, 0.3) is 0 Å². The lowest BCUT2D eigenvalue weighted by Gasteiger charge is -2.20. The number of aromatic nitrogens is 2. The van der Waals surface area contributed by atoms with Gasteiger partial charge in [-0.3, -0.25) is 28.8 Å². The van der Waals surface area contributed by atoms with E-state index in [-0.39, 0.29) is 23.4 Å². The van der Waals surface area contributed by atoms with E-state index < -0.39 is 34.0 Å². The van der Waals surface area contributed by atoms with Crippen molar-refractivity contribution in [1.29, 1.82) is 0 Å². The van der Waals surface area contributed by atoms with Crippen LogP contribution in [-0.2, 0) is 18.9 Å². The van der Waals surface area contributed by atoms with Gasteiger partial charge in [0.25, 0.3) is 11.2 Å². The molecule has 146 valence electrons. The van der Waals surface area contributed by atoms with Crippen molar-refractivity contribution in [2.75, 3.05) is 0 Å². The fraction of sp³-hybridized carbons (Fsp3) is 0.294. The molecule has 11 heteroatoms. The average Bonchev–Trinajstić information content (AvgIpc) is 3.10. The first kappa shape index (κ1) is 19.0. The normalized spacial score (nSPS) is 16.2. The van der Waals surface area contributed by atoms with Crippen LogP contribution in [0.4, 0.5) is 5.69 Å². The summed E-state index contributed by atoms with van der Waals surface area (Å²) in [5, 5.41) is 26.5. The molecule has 0 radical (unpaired) electrons. The van der Waals surface area contributed by atoms with Gasteiger partial charge in [-0.05, 0) is 5.56 Å².